The summed E-state index contributed by atoms with van der Waals surface area (Å²) in [4.78, 5) is 34.5. The van der Waals surface area contributed by atoms with E-state index in [-0.39, 0.29) is 24.2 Å². The van der Waals surface area contributed by atoms with E-state index in [0.29, 0.717) is 5.56 Å². The van der Waals surface area contributed by atoms with Gasteiger partial charge in [0.2, 0.25) is 0 Å². The van der Waals surface area contributed by atoms with Gasteiger partial charge in [-0.05, 0) is 60.2 Å². The fourth-order valence-corrected chi connectivity index (χ4v) is 3.61. The standard InChI is InChI=1S/C25H22FN3O2/c1-16-9-10-19-12-20(24(30)28-23(19)17(16)2)15-29(14-18-6-5-11-27-13-18)25(31)21-7-3-4-8-22(21)26/h3-13H,14-15H2,1-2H3,(H,28,30). The van der Waals surface area contributed by atoms with Crippen molar-refractivity contribution in [1.82, 2.24) is 14.9 Å². The predicted molar refractivity (Wildman–Crippen MR) is 118 cm³/mol. The zero-order chi connectivity index (χ0) is 22.0. The van der Waals surface area contributed by atoms with Gasteiger partial charge in [0, 0.05) is 24.5 Å². The van der Waals surface area contributed by atoms with Gasteiger partial charge in [-0.3, -0.25) is 14.6 Å². The molecule has 31 heavy (non-hydrogen) atoms. The van der Waals surface area contributed by atoms with E-state index in [1.807, 2.05) is 32.0 Å². The summed E-state index contributed by atoms with van der Waals surface area (Å²) in [6.45, 7) is 4.19. The first kappa shape index (κ1) is 20.5. The summed E-state index contributed by atoms with van der Waals surface area (Å²) in [6, 6.07) is 15.2. The van der Waals surface area contributed by atoms with Gasteiger partial charge in [0.1, 0.15) is 5.82 Å². The van der Waals surface area contributed by atoms with Crippen LogP contribution >= 0.6 is 0 Å². The SMILES string of the molecule is Cc1ccc2cc(CN(Cc3cccnc3)C(=O)c3ccccc3F)c(=O)[nH]c2c1C. The lowest BCUT2D eigenvalue weighted by Gasteiger charge is -2.23. The van der Waals surface area contributed by atoms with Crippen LogP contribution in [0.3, 0.4) is 0 Å². The first-order valence-electron chi connectivity index (χ1n) is 9.99. The van der Waals surface area contributed by atoms with E-state index < -0.39 is 11.7 Å². The Kier molecular flexibility index (Phi) is 5.62. The molecule has 4 aromatic rings. The number of aryl methyl sites for hydroxylation is 2. The molecule has 2 aromatic carbocycles. The van der Waals surface area contributed by atoms with Crippen LogP contribution in [-0.2, 0) is 13.1 Å². The number of halogens is 1. The Morgan fingerprint density at radius 3 is 2.61 bits per heavy atom. The van der Waals surface area contributed by atoms with Crippen molar-refractivity contribution in [2.24, 2.45) is 0 Å². The lowest BCUT2D eigenvalue weighted by molar-refractivity contribution is 0.0724. The zero-order valence-corrected chi connectivity index (χ0v) is 17.4. The van der Waals surface area contributed by atoms with Crippen LogP contribution in [0, 0.1) is 19.7 Å². The van der Waals surface area contributed by atoms with Gasteiger partial charge in [0.05, 0.1) is 17.6 Å². The molecule has 2 aromatic heterocycles. The average Bonchev–Trinajstić information content (AvgIpc) is 2.77. The third-order valence-corrected chi connectivity index (χ3v) is 5.48. The van der Waals surface area contributed by atoms with Gasteiger partial charge in [-0.15, -0.1) is 0 Å². The van der Waals surface area contributed by atoms with E-state index in [2.05, 4.69) is 9.97 Å². The molecule has 0 aliphatic carbocycles. The van der Waals surface area contributed by atoms with Crippen molar-refractivity contribution in [2.75, 3.05) is 0 Å². The summed E-state index contributed by atoms with van der Waals surface area (Å²) in [5.41, 5.74) is 3.81. The molecule has 0 atom stereocenters. The number of aromatic nitrogens is 2. The predicted octanol–water partition coefficient (Wildman–Crippen LogP) is 4.52. The smallest absolute Gasteiger partial charge is 0.257 e. The monoisotopic (exact) mass is 415 g/mol. The number of nitrogens with one attached hydrogen (secondary N) is 1. The van der Waals surface area contributed by atoms with Gasteiger partial charge in [-0.1, -0.05) is 30.3 Å². The number of fused-ring (bicyclic) bond motifs is 1. The number of H-pyrrole nitrogens is 1. The van der Waals surface area contributed by atoms with Crippen LogP contribution in [-0.4, -0.2) is 20.8 Å². The molecule has 1 N–H and O–H groups in total. The number of rotatable bonds is 5. The quantitative estimate of drug-likeness (QED) is 0.521. The van der Waals surface area contributed by atoms with Gasteiger partial charge < -0.3 is 9.88 Å². The highest BCUT2D eigenvalue weighted by molar-refractivity contribution is 5.94. The minimum Gasteiger partial charge on any atom is -0.330 e. The molecule has 0 saturated carbocycles. The topological polar surface area (TPSA) is 66.1 Å². The molecule has 0 radical (unpaired) electrons. The van der Waals surface area contributed by atoms with E-state index in [1.54, 1.807) is 30.6 Å². The van der Waals surface area contributed by atoms with E-state index >= 15 is 0 Å². The third-order valence-electron chi connectivity index (χ3n) is 5.48. The lowest BCUT2D eigenvalue weighted by Crippen LogP contribution is -2.33. The normalized spacial score (nSPS) is 10.9. The maximum absolute atomic E-state index is 14.3. The Balaban J connectivity index is 1.74. The molecule has 156 valence electrons. The maximum atomic E-state index is 14.3. The van der Waals surface area contributed by atoms with Crippen molar-refractivity contribution in [1.29, 1.82) is 0 Å². The third kappa shape index (κ3) is 4.23. The maximum Gasteiger partial charge on any atom is 0.257 e. The molecule has 0 unspecified atom stereocenters. The largest absolute Gasteiger partial charge is 0.330 e. The van der Waals surface area contributed by atoms with E-state index in [4.69, 9.17) is 0 Å². The number of aromatic amines is 1. The van der Waals surface area contributed by atoms with Crippen molar-refractivity contribution >= 4 is 16.8 Å². The number of carbonyl (C=O) groups is 1. The second-order valence-electron chi connectivity index (χ2n) is 7.60. The fourth-order valence-electron chi connectivity index (χ4n) is 3.61. The number of hydrogen-bond acceptors (Lipinski definition) is 3. The van der Waals surface area contributed by atoms with E-state index in [9.17, 15) is 14.0 Å². The van der Waals surface area contributed by atoms with Crippen LogP contribution in [0.5, 0.6) is 0 Å². The number of pyridine rings is 2. The van der Waals surface area contributed by atoms with Crippen molar-refractivity contribution in [2.45, 2.75) is 26.9 Å². The zero-order valence-electron chi connectivity index (χ0n) is 17.4. The van der Waals surface area contributed by atoms with Gasteiger partial charge >= 0.3 is 0 Å². The minimum absolute atomic E-state index is 0.0323. The summed E-state index contributed by atoms with van der Waals surface area (Å²) in [7, 11) is 0. The summed E-state index contributed by atoms with van der Waals surface area (Å²) >= 11 is 0. The molecule has 0 spiro atoms. The van der Waals surface area contributed by atoms with Crippen LogP contribution < -0.4 is 5.56 Å². The number of amides is 1. The summed E-state index contributed by atoms with van der Waals surface area (Å²) in [5.74, 6) is -1.08. The molecule has 0 bridgehead atoms. The van der Waals surface area contributed by atoms with E-state index in [0.717, 1.165) is 27.6 Å². The average molecular weight is 415 g/mol. The highest BCUT2D eigenvalue weighted by Gasteiger charge is 2.21. The van der Waals surface area contributed by atoms with Crippen molar-refractivity contribution in [3.05, 3.63) is 111 Å². The number of hydrogen-bond donors (Lipinski definition) is 1. The Labute approximate surface area is 179 Å². The fraction of sp³-hybridized carbons (Fsp3) is 0.160. The van der Waals surface area contributed by atoms with Crippen LogP contribution in [0.4, 0.5) is 4.39 Å². The lowest BCUT2D eigenvalue weighted by atomic mass is 10.0. The van der Waals surface area contributed by atoms with Gasteiger partial charge in [-0.2, -0.15) is 0 Å². The Morgan fingerprint density at radius 2 is 1.87 bits per heavy atom. The first-order valence-corrected chi connectivity index (χ1v) is 9.99. The van der Waals surface area contributed by atoms with Crippen LogP contribution in [0.15, 0.2) is 71.8 Å². The molecular weight excluding hydrogens is 393 g/mol. The Hall–Kier alpha value is -3.80. The minimum atomic E-state index is -0.595. The Morgan fingerprint density at radius 1 is 1.06 bits per heavy atom. The van der Waals surface area contributed by atoms with Crippen LogP contribution in [0.25, 0.3) is 10.9 Å². The van der Waals surface area contributed by atoms with Crippen LogP contribution in [0.1, 0.15) is 32.6 Å². The molecule has 0 fully saturated rings. The Bertz CT molecular complexity index is 1320. The van der Waals surface area contributed by atoms with Gasteiger partial charge in [0.25, 0.3) is 11.5 Å². The van der Waals surface area contributed by atoms with Gasteiger partial charge in [0.15, 0.2) is 0 Å². The number of benzene rings is 2. The first-order chi connectivity index (χ1) is 14.9. The van der Waals surface area contributed by atoms with Crippen molar-refractivity contribution in [3.8, 4) is 0 Å². The molecule has 0 aliphatic heterocycles. The van der Waals surface area contributed by atoms with E-state index in [1.165, 1.54) is 23.1 Å². The van der Waals surface area contributed by atoms with Gasteiger partial charge in [-0.25, -0.2) is 4.39 Å². The number of nitrogens with zero attached hydrogens (tertiary/aromatic N) is 2. The summed E-state index contributed by atoms with van der Waals surface area (Å²) < 4.78 is 14.3. The second kappa shape index (κ2) is 8.52. The highest BCUT2D eigenvalue weighted by atomic mass is 19.1. The number of carbonyl (C=O) groups excluding carboxylic acids is 1. The van der Waals surface area contributed by atoms with Crippen molar-refractivity contribution < 1.29 is 9.18 Å². The molecule has 5 nitrogen and oxygen atoms in total. The molecule has 2 heterocycles. The molecule has 1 amide bonds. The molecular formula is C25H22FN3O2. The van der Waals surface area contributed by atoms with Crippen molar-refractivity contribution in [3.63, 3.8) is 0 Å². The molecule has 4 rings (SSSR count). The van der Waals surface area contributed by atoms with Crippen LogP contribution in [0.2, 0.25) is 0 Å². The molecule has 6 heteroatoms. The molecule has 0 aliphatic rings. The highest BCUT2D eigenvalue weighted by Crippen LogP contribution is 2.21. The molecule has 0 saturated heterocycles. The second-order valence-corrected chi connectivity index (χ2v) is 7.60. The summed E-state index contributed by atoms with van der Waals surface area (Å²) in [6.07, 6.45) is 3.29. The summed E-state index contributed by atoms with van der Waals surface area (Å²) in [5, 5.41) is 0.886.